The molecule has 4 heterocycles. The second-order valence-corrected chi connectivity index (χ2v) is 14.4. The second kappa shape index (κ2) is 16.9. The lowest BCUT2D eigenvalue weighted by Crippen LogP contribution is -2.51. The predicted molar refractivity (Wildman–Crippen MR) is 207 cm³/mol. The maximum Gasteiger partial charge on any atom is 0.339 e. The first-order valence-electron chi connectivity index (χ1n) is 18.4. The molecule has 0 N–H and O–H groups in total. The number of nitrogens with zero attached hydrogens (tertiary/aromatic N) is 7. The molecule has 5 rings (SSSR count). The molecule has 0 aliphatic carbocycles. The number of aromatic nitrogens is 1. The van der Waals surface area contributed by atoms with Crippen LogP contribution in [0.1, 0.15) is 59.9 Å². The summed E-state index contributed by atoms with van der Waals surface area (Å²) in [6.45, 7) is 18.9. The number of hydrogen-bond donors (Lipinski definition) is 0. The monoisotopic (exact) mass is 749 g/mol. The van der Waals surface area contributed by atoms with Crippen LogP contribution in [-0.4, -0.2) is 114 Å². The molecule has 286 valence electrons. The Kier molecular flexibility index (Phi) is 12.6. The van der Waals surface area contributed by atoms with Crippen LogP contribution in [0.4, 0.5) is 23.0 Å². The van der Waals surface area contributed by atoms with Crippen LogP contribution in [0.5, 0.6) is 0 Å². The molecule has 53 heavy (non-hydrogen) atoms. The Labute approximate surface area is 315 Å². The van der Waals surface area contributed by atoms with E-state index >= 15 is 4.79 Å². The number of allylic oxidation sites excluding steroid dienone is 1. The first-order chi connectivity index (χ1) is 25.4. The molecule has 1 amide bonds. The number of thioether (sulfide) groups is 1. The number of esters is 2. The largest absolute Gasteiger partial charge is 0.467 e. The van der Waals surface area contributed by atoms with Gasteiger partial charge in [0, 0.05) is 86.7 Å². The molecule has 2 aromatic rings. The number of nitro groups is 1. The third kappa shape index (κ3) is 7.53. The van der Waals surface area contributed by atoms with E-state index in [1.165, 1.54) is 31.0 Å². The van der Waals surface area contributed by atoms with Gasteiger partial charge in [-0.1, -0.05) is 12.1 Å². The summed E-state index contributed by atoms with van der Waals surface area (Å²) in [6.07, 6.45) is 0. The van der Waals surface area contributed by atoms with Crippen LogP contribution in [0, 0.1) is 10.1 Å². The number of amides is 1. The van der Waals surface area contributed by atoms with Crippen molar-refractivity contribution >= 4 is 52.6 Å². The fraction of sp³-hybridized carbons (Fsp3) is 0.526. The van der Waals surface area contributed by atoms with Gasteiger partial charge in [-0.05, 0) is 66.2 Å². The molecular weight excluding hydrogens is 699 g/mol. The van der Waals surface area contributed by atoms with Crippen LogP contribution in [0.2, 0.25) is 0 Å². The van der Waals surface area contributed by atoms with Crippen molar-refractivity contribution in [3.05, 3.63) is 74.6 Å². The average Bonchev–Trinajstić information content (AvgIpc) is 3.52. The Bertz CT molecular complexity index is 1780. The molecule has 0 radical (unpaired) electrons. The van der Waals surface area contributed by atoms with Gasteiger partial charge >= 0.3 is 11.9 Å². The van der Waals surface area contributed by atoms with Gasteiger partial charge in [0.25, 0.3) is 11.6 Å². The molecule has 0 spiro atoms. The number of piperazine rings is 1. The standard InChI is InChI=1S/C38H51N7O7S/c1-9-40(10-2)28-17-18-29(41(11-3)12-4)39-34(28)42-19-21-43(22-20-42)35(46)30-24(6)44-33(25(7)53-36(44)38(48)51-8)32(37(47)52-13-5)31(30)26-15-14-16-27(23-26)45(49)50/h14-18,23,25,31,36H,9-13,19-22H2,1-8H3. The Morgan fingerprint density at radius 2 is 1.62 bits per heavy atom. The molecule has 0 saturated carbocycles. The number of non-ortho nitro benzene ring substituents is 1. The van der Waals surface area contributed by atoms with Crippen LogP contribution in [0.3, 0.4) is 0 Å². The lowest BCUT2D eigenvalue weighted by atomic mass is 9.78. The number of fused-ring (bicyclic) bond motifs is 1. The zero-order valence-corrected chi connectivity index (χ0v) is 32.8. The number of benzene rings is 1. The maximum atomic E-state index is 15.0. The molecular formula is C38H51N7O7S. The molecule has 3 atom stereocenters. The van der Waals surface area contributed by atoms with Crippen molar-refractivity contribution in [2.75, 3.05) is 80.8 Å². The maximum absolute atomic E-state index is 15.0. The summed E-state index contributed by atoms with van der Waals surface area (Å²) in [5, 5.41) is 10.8. The van der Waals surface area contributed by atoms with Gasteiger partial charge in [0.2, 0.25) is 0 Å². The lowest BCUT2D eigenvalue weighted by Gasteiger charge is -2.41. The van der Waals surface area contributed by atoms with Gasteiger partial charge in [-0.3, -0.25) is 14.9 Å². The minimum absolute atomic E-state index is 0.0755. The second-order valence-electron chi connectivity index (χ2n) is 13.0. The molecule has 1 aromatic heterocycles. The minimum Gasteiger partial charge on any atom is -0.467 e. The number of hydrogen-bond acceptors (Lipinski definition) is 13. The van der Waals surface area contributed by atoms with Crippen LogP contribution < -0.4 is 14.7 Å². The SMILES string of the molecule is CCOC(=O)C1=C2C(C)SC(C(=O)OC)N2C(C)=C(C(=O)N2CCN(c3nc(N(CC)CC)ccc3N(CC)CC)CC2)C1c1cccc([N+](=O)[O-])c1. The van der Waals surface area contributed by atoms with E-state index in [1.807, 2.05) is 6.92 Å². The first kappa shape index (κ1) is 39.4. The smallest absolute Gasteiger partial charge is 0.339 e. The van der Waals surface area contributed by atoms with Gasteiger partial charge < -0.3 is 34.0 Å². The summed E-state index contributed by atoms with van der Waals surface area (Å²) < 4.78 is 10.8. The van der Waals surface area contributed by atoms with E-state index in [0.29, 0.717) is 43.1 Å². The van der Waals surface area contributed by atoms with Crippen LogP contribution in [-0.2, 0) is 23.9 Å². The number of anilines is 3. The van der Waals surface area contributed by atoms with Crippen LogP contribution in [0.15, 0.2) is 58.9 Å². The minimum atomic E-state index is -0.980. The highest BCUT2D eigenvalue weighted by Gasteiger charge is 2.51. The molecule has 1 aromatic carbocycles. The van der Waals surface area contributed by atoms with Gasteiger partial charge in [0.15, 0.2) is 11.2 Å². The first-order valence-corrected chi connectivity index (χ1v) is 19.3. The normalized spacial score (nSPS) is 20.0. The predicted octanol–water partition coefficient (Wildman–Crippen LogP) is 5.16. The highest BCUT2D eigenvalue weighted by molar-refractivity contribution is 8.01. The van der Waals surface area contributed by atoms with Crippen molar-refractivity contribution in [2.45, 2.75) is 65.0 Å². The van der Waals surface area contributed by atoms with E-state index in [-0.39, 0.29) is 34.6 Å². The number of methoxy groups -OCH3 is 1. The Morgan fingerprint density at radius 3 is 2.21 bits per heavy atom. The van der Waals surface area contributed by atoms with Crippen molar-refractivity contribution in [3.63, 3.8) is 0 Å². The summed E-state index contributed by atoms with van der Waals surface area (Å²) in [4.78, 5) is 69.0. The van der Waals surface area contributed by atoms with E-state index in [2.05, 4.69) is 54.5 Å². The zero-order chi connectivity index (χ0) is 38.6. The van der Waals surface area contributed by atoms with Gasteiger partial charge in [-0.25, -0.2) is 14.6 Å². The number of pyridine rings is 1. The van der Waals surface area contributed by atoms with Crippen molar-refractivity contribution in [3.8, 4) is 0 Å². The van der Waals surface area contributed by atoms with E-state index in [4.69, 9.17) is 14.5 Å². The van der Waals surface area contributed by atoms with Crippen molar-refractivity contribution in [1.82, 2.24) is 14.8 Å². The number of rotatable bonds is 13. The fourth-order valence-electron chi connectivity index (χ4n) is 7.59. The van der Waals surface area contributed by atoms with E-state index in [9.17, 15) is 19.7 Å². The van der Waals surface area contributed by atoms with Crippen LogP contribution >= 0.6 is 11.8 Å². The van der Waals surface area contributed by atoms with E-state index in [0.717, 1.165) is 43.5 Å². The molecule has 3 unspecified atom stereocenters. The molecule has 14 nitrogen and oxygen atoms in total. The fourth-order valence-corrected chi connectivity index (χ4v) is 8.95. The number of ether oxygens (including phenoxy) is 2. The highest BCUT2D eigenvalue weighted by atomic mass is 32.2. The number of carbonyl (C=O) groups excluding carboxylic acids is 3. The van der Waals surface area contributed by atoms with Gasteiger partial charge in [-0.2, -0.15) is 0 Å². The van der Waals surface area contributed by atoms with Crippen molar-refractivity contribution < 1.29 is 28.8 Å². The Hall–Kier alpha value is -4.79. The average molecular weight is 750 g/mol. The molecule has 2 fully saturated rings. The molecule has 15 heteroatoms. The summed E-state index contributed by atoms with van der Waals surface area (Å²) in [5.41, 5.74) is 2.75. The van der Waals surface area contributed by atoms with E-state index < -0.39 is 28.2 Å². The van der Waals surface area contributed by atoms with Crippen LogP contribution in [0.25, 0.3) is 0 Å². The Balaban J connectivity index is 1.58. The van der Waals surface area contributed by atoms with Gasteiger partial charge in [0.05, 0.1) is 35.8 Å². The summed E-state index contributed by atoms with van der Waals surface area (Å²) >= 11 is 1.31. The molecule has 0 bridgehead atoms. The van der Waals surface area contributed by atoms with Crippen molar-refractivity contribution in [1.29, 1.82) is 0 Å². The van der Waals surface area contributed by atoms with Gasteiger partial charge in [-0.15, -0.1) is 11.8 Å². The third-order valence-electron chi connectivity index (χ3n) is 10.3. The number of carbonyl (C=O) groups is 3. The lowest BCUT2D eigenvalue weighted by molar-refractivity contribution is -0.384. The summed E-state index contributed by atoms with van der Waals surface area (Å²) in [7, 11) is 1.31. The molecule has 2 saturated heterocycles. The third-order valence-corrected chi connectivity index (χ3v) is 11.5. The summed E-state index contributed by atoms with van der Waals surface area (Å²) in [6, 6.07) is 10.2. The quantitative estimate of drug-likeness (QED) is 0.151. The Morgan fingerprint density at radius 1 is 0.962 bits per heavy atom. The number of nitro benzene ring substituents is 1. The summed E-state index contributed by atoms with van der Waals surface area (Å²) in [5.74, 6) is -0.693. The topological polar surface area (TPSA) is 142 Å². The highest BCUT2D eigenvalue weighted by Crippen LogP contribution is 2.52. The van der Waals surface area contributed by atoms with Crippen molar-refractivity contribution in [2.24, 2.45) is 0 Å². The zero-order valence-electron chi connectivity index (χ0n) is 32.0. The molecule has 3 aliphatic rings. The van der Waals surface area contributed by atoms with E-state index in [1.54, 1.807) is 35.8 Å². The van der Waals surface area contributed by atoms with Gasteiger partial charge in [0.1, 0.15) is 5.82 Å². The molecule has 3 aliphatic heterocycles.